The Labute approximate surface area is 158 Å². The second kappa shape index (κ2) is 7.87. The Hall–Kier alpha value is -3.40. The summed E-state index contributed by atoms with van der Waals surface area (Å²) in [7, 11) is 2.62. The van der Waals surface area contributed by atoms with Gasteiger partial charge in [-0.15, -0.1) is 0 Å². The molecule has 136 valence electrons. The van der Waals surface area contributed by atoms with Gasteiger partial charge in [0.1, 0.15) is 0 Å². The molecule has 0 saturated carbocycles. The van der Waals surface area contributed by atoms with Crippen molar-refractivity contribution >= 4 is 11.9 Å². The highest BCUT2D eigenvalue weighted by Crippen LogP contribution is 2.28. The van der Waals surface area contributed by atoms with Crippen LogP contribution in [0.25, 0.3) is 22.3 Å². The van der Waals surface area contributed by atoms with Crippen molar-refractivity contribution in [2.45, 2.75) is 6.92 Å². The fourth-order valence-corrected chi connectivity index (χ4v) is 2.97. The predicted octanol–water partition coefficient (Wildman–Crippen LogP) is 4.90. The Bertz CT molecular complexity index is 971. The van der Waals surface area contributed by atoms with Crippen molar-refractivity contribution in [3.8, 4) is 22.3 Å². The molecule has 27 heavy (non-hydrogen) atoms. The summed E-state index contributed by atoms with van der Waals surface area (Å²) in [6.07, 6.45) is 0. The third-order valence-electron chi connectivity index (χ3n) is 4.32. The van der Waals surface area contributed by atoms with Crippen molar-refractivity contribution in [1.29, 1.82) is 0 Å². The van der Waals surface area contributed by atoms with E-state index in [2.05, 4.69) is 25.1 Å². The van der Waals surface area contributed by atoms with Gasteiger partial charge in [0.2, 0.25) is 0 Å². The van der Waals surface area contributed by atoms with Gasteiger partial charge in [-0.2, -0.15) is 0 Å². The minimum absolute atomic E-state index is 0.302. The number of carbonyl (C=O) groups is 2. The molecule has 0 saturated heterocycles. The molecule has 0 amide bonds. The van der Waals surface area contributed by atoms with Crippen molar-refractivity contribution in [2.75, 3.05) is 14.2 Å². The molecular weight excluding hydrogens is 340 g/mol. The average Bonchev–Trinajstić information content (AvgIpc) is 2.72. The molecular formula is C23H20O4. The van der Waals surface area contributed by atoms with Crippen LogP contribution in [0.3, 0.4) is 0 Å². The Kier molecular flexibility index (Phi) is 5.36. The van der Waals surface area contributed by atoms with Gasteiger partial charge in [0.15, 0.2) is 0 Å². The third kappa shape index (κ3) is 4.06. The molecule has 0 aliphatic carbocycles. The van der Waals surface area contributed by atoms with Crippen LogP contribution in [0.5, 0.6) is 0 Å². The summed E-state index contributed by atoms with van der Waals surface area (Å²) in [6, 6.07) is 21.1. The third-order valence-corrected chi connectivity index (χ3v) is 4.32. The lowest BCUT2D eigenvalue weighted by molar-refractivity contribution is 0.0599. The fourth-order valence-electron chi connectivity index (χ4n) is 2.97. The average molecular weight is 360 g/mol. The van der Waals surface area contributed by atoms with Crippen molar-refractivity contribution in [1.82, 2.24) is 0 Å². The Morgan fingerprint density at radius 3 is 1.63 bits per heavy atom. The number of esters is 2. The maximum Gasteiger partial charge on any atom is 0.337 e. The van der Waals surface area contributed by atoms with Gasteiger partial charge in [-0.1, -0.05) is 48.0 Å². The standard InChI is InChI=1S/C23H20O4/c1-15-6-4-7-16(10-15)17-8-5-9-18(11-17)19-12-20(22(24)26-2)14-21(13-19)23(25)27-3/h4-14H,1-3H3. The molecule has 0 atom stereocenters. The van der Waals surface area contributed by atoms with Crippen LogP contribution in [0.4, 0.5) is 0 Å². The molecule has 0 aliphatic heterocycles. The Morgan fingerprint density at radius 2 is 1.11 bits per heavy atom. The van der Waals surface area contributed by atoms with Crippen LogP contribution >= 0.6 is 0 Å². The van der Waals surface area contributed by atoms with E-state index in [9.17, 15) is 9.59 Å². The van der Waals surface area contributed by atoms with E-state index >= 15 is 0 Å². The molecule has 0 unspecified atom stereocenters. The van der Waals surface area contributed by atoms with E-state index in [0.717, 1.165) is 22.3 Å². The number of hydrogen-bond donors (Lipinski definition) is 0. The first kappa shape index (κ1) is 18.4. The molecule has 0 radical (unpaired) electrons. The summed E-state index contributed by atoms with van der Waals surface area (Å²) in [5.41, 5.74) is 5.58. The SMILES string of the molecule is COC(=O)c1cc(C(=O)OC)cc(-c2cccc(-c3cccc(C)c3)c2)c1. The first-order valence-corrected chi connectivity index (χ1v) is 8.51. The monoisotopic (exact) mass is 360 g/mol. The molecule has 0 spiro atoms. The van der Waals surface area contributed by atoms with E-state index in [1.165, 1.54) is 25.8 Å². The Morgan fingerprint density at radius 1 is 0.630 bits per heavy atom. The summed E-state index contributed by atoms with van der Waals surface area (Å²) in [5.74, 6) is -1.01. The molecule has 0 N–H and O–H groups in total. The van der Waals surface area contributed by atoms with Crippen LogP contribution in [0, 0.1) is 6.92 Å². The maximum atomic E-state index is 12.0. The van der Waals surface area contributed by atoms with Gasteiger partial charge in [0.05, 0.1) is 25.3 Å². The summed E-state index contributed by atoms with van der Waals surface area (Å²) in [6.45, 7) is 2.05. The fraction of sp³-hybridized carbons (Fsp3) is 0.130. The topological polar surface area (TPSA) is 52.6 Å². The molecule has 3 rings (SSSR count). The number of carbonyl (C=O) groups excluding carboxylic acids is 2. The van der Waals surface area contributed by atoms with Gasteiger partial charge in [-0.25, -0.2) is 9.59 Å². The molecule has 3 aromatic carbocycles. The van der Waals surface area contributed by atoms with Gasteiger partial charge in [0.25, 0.3) is 0 Å². The lowest BCUT2D eigenvalue weighted by atomic mass is 9.96. The molecule has 3 aromatic rings. The number of hydrogen-bond acceptors (Lipinski definition) is 4. The highest BCUT2D eigenvalue weighted by molar-refractivity contribution is 5.97. The van der Waals surface area contributed by atoms with E-state index in [-0.39, 0.29) is 0 Å². The zero-order valence-electron chi connectivity index (χ0n) is 15.5. The molecule has 0 fully saturated rings. The van der Waals surface area contributed by atoms with Crippen molar-refractivity contribution in [3.05, 3.63) is 83.4 Å². The first-order chi connectivity index (χ1) is 13.0. The van der Waals surface area contributed by atoms with Gasteiger partial charge in [-0.3, -0.25) is 0 Å². The molecule has 0 heterocycles. The van der Waals surface area contributed by atoms with Crippen molar-refractivity contribution in [2.24, 2.45) is 0 Å². The molecule has 0 aliphatic rings. The second-order valence-electron chi connectivity index (χ2n) is 6.23. The van der Waals surface area contributed by atoms with Crippen molar-refractivity contribution < 1.29 is 19.1 Å². The number of ether oxygens (including phenoxy) is 2. The molecule has 0 aromatic heterocycles. The van der Waals surface area contributed by atoms with E-state index in [0.29, 0.717) is 11.1 Å². The van der Waals surface area contributed by atoms with Crippen LogP contribution in [-0.4, -0.2) is 26.2 Å². The van der Waals surface area contributed by atoms with Crippen LogP contribution in [-0.2, 0) is 9.47 Å². The molecule has 4 nitrogen and oxygen atoms in total. The van der Waals surface area contributed by atoms with Crippen LogP contribution in [0.15, 0.2) is 66.7 Å². The number of aryl methyl sites for hydroxylation is 1. The van der Waals surface area contributed by atoms with Gasteiger partial charge >= 0.3 is 11.9 Å². The summed E-state index contributed by atoms with van der Waals surface area (Å²) < 4.78 is 9.62. The van der Waals surface area contributed by atoms with Crippen LogP contribution in [0.1, 0.15) is 26.3 Å². The van der Waals surface area contributed by atoms with Gasteiger partial charge in [-0.05, 0) is 53.4 Å². The van der Waals surface area contributed by atoms with E-state index in [1.807, 2.05) is 30.3 Å². The number of methoxy groups -OCH3 is 2. The Balaban J connectivity index is 2.11. The lowest BCUT2D eigenvalue weighted by Gasteiger charge is -2.10. The minimum Gasteiger partial charge on any atom is -0.465 e. The zero-order valence-corrected chi connectivity index (χ0v) is 15.5. The number of rotatable bonds is 4. The van der Waals surface area contributed by atoms with Crippen LogP contribution < -0.4 is 0 Å². The zero-order chi connectivity index (χ0) is 19.4. The van der Waals surface area contributed by atoms with Gasteiger partial charge in [0, 0.05) is 0 Å². The van der Waals surface area contributed by atoms with Crippen LogP contribution in [0.2, 0.25) is 0 Å². The number of benzene rings is 3. The quantitative estimate of drug-likeness (QED) is 0.621. The lowest BCUT2D eigenvalue weighted by Crippen LogP contribution is -2.07. The maximum absolute atomic E-state index is 12.0. The summed E-state index contributed by atoms with van der Waals surface area (Å²) >= 11 is 0. The largest absolute Gasteiger partial charge is 0.465 e. The van der Waals surface area contributed by atoms with E-state index < -0.39 is 11.9 Å². The second-order valence-corrected chi connectivity index (χ2v) is 6.23. The highest BCUT2D eigenvalue weighted by Gasteiger charge is 2.15. The first-order valence-electron chi connectivity index (χ1n) is 8.51. The minimum atomic E-state index is -0.503. The van der Waals surface area contributed by atoms with E-state index in [4.69, 9.17) is 9.47 Å². The van der Waals surface area contributed by atoms with Gasteiger partial charge < -0.3 is 9.47 Å². The summed E-state index contributed by atoms with van der Waals surface area (Å²) in [5, 5.41) is 0. The smallest absolute Gasteiger partial charge is 0.337 e. The summed E-state index contributed by atoms with van der Waals surface area (Å²) in [4.78, 5) is 24.0. The van der Waals surface area contributed by atoms with Crippen molar-refractivity contribution in [3.63, 3.8) is 0 Å². The molecule has 4 heteroatoms. The normalized spacial score (nSPS) is 10.3. The highest BCUT2D eigenvalue weighted by atomic mass is 16.5. The van der Waals surface area contributed by atoms with E-state index in [1.54, 1.807) is 12.1 Å². The predicted molar refractivity (Wildman–Crippen MR) is 105 cm³/mol. The molecule has 0 bridgehead atoms.